The van der Waals surface area contributed by atoms with Crippen LogP contribution in [-0.2, 0) is 6.54 Å². The van der Waals surface area contributed by atoms with Gasteiger partial charge in [-0.15, -0.1) is 0 Å². The fraction of sp³-hybridized carbons (Fsp3) is 0.0769. The lowest BCUT2D eigenvalue weighted by atomic mass is 10.0. The molecule has 0 saturated carbocycles. The van der Waals surface area contributed by atoms with E-state index in [1.54, 1.807) is 30.3 Å². The van der Waals surface area contributed by atoms with Gasteiger partial charge in [0.25, 0.3) is 0 Å². The number of phenols is 2. The summed E-state index contributed by atoms with van der Waals surface area (Å²) in [6.45, 7) is 0.129. The minimum Gasteiger partial charge on any atom is -0.508 e. The molecule has 19 heavy (non-hydrogen) atoms. The summed E-state index contributed by atoms with van der Waals surface area (Å²) in [7, 11) is 0. The van der Waals surface area contributed by atoms with Crippen LogP contribution < -0.4 is 5.73 Å². The summed E-state index contributed by atoms with van der Waals surface area (Å²) in [5.74, 6) is 0.644. The molecule has 0 amide bonds. The highest BCUT2D eigenvalue weighted by atomic mass is 16.5. The van der Waals surface area contributed by atoms with Crippen LogP contribution in [0.2, 0.25) is 0 Å². The molecule has 1 aromatic heterocycles. The third-order valence-corrected chi connectivity index (χ3v) is 2.85. The first-order chi connectivity index (χ1) is 9.19. The number of hydrogen-bond donors (Lipinski definition) is 3. The molecule has 0 fully saturated rings. The van der Waals surface area contributed by atoms with E-state index in [0.717, 1.165) is 5.39 Å². The van der Waals surface area contributed by atoms with E-state index in [-0.39, 0.29) is 29.8 Å². The number of hydrogen-bond acceptors (Lipinski definition) is 6. The molecule has 0 aliphatic heterocycles. The van der Waals surface area contributed by atoms with Gasteiger partial charge in [-0.2, -0.15) is 4.98 Å². The van der Waals surface area contributed by atoms with Gasteiger partial charge in [0.1, 0.15) is 11.5 Å². The lowest BCUT2D eigenvalue weighted by Gasteiger charge is -2.06. The zero-order valence-electron chi connectivity index (χ0n) is 9.87. The molecule has 0 atom stereocenters. The number of phenolic OH excluding ortho intramolecular Hbond substituents is 2. The normalized spacial score (nSPS) is 11.0. The van der Waals surface area contributed by atoms with Gasteiger partial charge in [-0.1, -0.05) is 17.3 Å². The summed E-state index contributed by atoms with van der Waals surface area (Å²) in [6, 6.07) is 8.16. The molecule has 0 bridgehead atoms. The molecule has 3 rings (SSSR count). The van der Waals surface area contributed by atoms with E-state index in [1.807, 2.05) is 0 Å². The van der Waals surface area contributed by atoms with Crippen LogP contribution in [0.1, 0.15) is 5.89 Å². The molecule has 0 unspecified atom stereocenters. The van der Waals surface area contributed by atoms with Gasteiger partial charge in [-0.3, -0.25) is 0 Å². The third-order valence-electron chi connectivity index (χ3n) is 2.85. The monoisotopic (exact) mass is 257 g/mol. The molecule has 6 nitrogen and oxygen atoms in total. The molecule has 6 heteroatoms. The number of rotatable bonds is 2. The van der Waals surface area contributed by atoms with Crippen LogP contribution in [0.5, 0.6) is 11.5 Å². The summed E-state index contributed by atoms with van der Waals surface area (Å²) in [4.78, 5) is 4.10. The Labute approximate surface area is 108 Å². The Kier molecular flexibility index (Phi) is 2.57. The average Bonchev–Trinajstić information content (AvgIpc) is 2.87. The summed E-state index contributed by atoms with van der Waals surface area (Å²) >= 11 is 0. The second-order valence-corrected chi connectivity index (χ2v) is 4.08. The van der Waals surface area contributed by atoms with Gasteiger partial charge in [0.15, 0.2) is 0 Å². The standard InChI is InChI=1S/C13H11N3O3/c14-6-11-15-13(16-19-11)12-9-5-8(17)3-1-7(9)2-4-10(12)18/h1-5,17-18H,6,14H2. The molecule has 96 valence electrons. The Bertz CT molecular complexity index is 747. The highest BCUT2D eigenvalue weighted by Gasteiger charge is 2.15. The first-order valence-electron chi connectivity index (χ1n) is 5.67. The maximum Gasteiger partial charge on any atom is 0.240 e. The van der Waals surface area contributed by atoms with Crippen molar-refractivity contribution in [3.63, 3.8) is 0 Å². The lowest BCUT2D eigenvalue weighted by Crippen LogP contribution is -1.95. The number of fused-ring (bicyclic) bond motifs is 1. The van der Waals surface area contributed by atoms with Crippen LogP contribution in [0.4, 0.5) is 0 Å². The van der Waals surface area contributed by atoms with Crippen LogP contribution >= 0.6 is 0 Å². The number of nitrogens with zero attached hydrogens (tertiary/aromatic N) is 2. The Morgan fingerprint density at radius 2 is 1.95 bits per heavy atom. The molecule has 0 radical (unpaired) electrons. The largest absolute Gasteiger partial charge is 0.508 e. The fourth-order valence-corrected chi connectivity index (χ4v) is 1.97. The minimum absolute atomic E-state index is 0.0162. The SMILES string of the molecule is NCc1nc(-c2c(O)ccc3ccc(O)cc23)no1. The Morgan fingerprint density at radius 3 is 2.68 bits per heavy atom. The first-order valence-corrected chi connectivity index (χ1v) is 5.67. The molecule has 3 aromatic rings. The number of benzene rings is 2. The van der Waals surface area contributed by atoms with E-state index in [0.29, 0.717) is 10.9 Å². The van der Waals surface area contributed by atoms with Gasteiger partial charge >= 0.3 is 0 Å². The molecule has 0 saturated heterocycles. The van der Waals surface area contributed by atoms with Crippen molar-refractivity contribution in [2.24, 2.45) is 5.73 Å². The molecular formula is C13H11N3O3. The highest BCUT2D eigenvalue weighted by molar-refractivity contribution is 5.98. The molecule has 1 heterocycles. The van der Waals surface area contributed by atoms with Crippen LogP contribution in [0.3, 0.4) is 0 Å². The van der Waals surface area contributed by atoms with Gasteiger partial charge in [0, 0.05) is 5.39 Å². The Morgan fingerprint density at radius 1 is 1.16 bits per heavy atom. The van der Waals surface area contributed by atoms with Crippen molar-refractivity contribution in [2.45, 2.75) is 6.54 Å². The molecular weight excluding hydrogens is 246 g/mol. The van der Waals surface area contributed by atoms with Gasteiger partial charge in [-0.05, 0) is 23.6 Å². The van der Waals surface area contributed by atoms with Crippen molar-refractivity contribution in [3.8, 4) is 22.9 Å². The van der Waals surface area contributed by atoms with Gasteiger partial charge in [-0.25, -0.2) is 0 Å². The summed E-state index contributed by atoms with van der Waals surface area (Å²) in [6.07, 6.45) is 0. The van der Waals surface area contributed by atoms with Gasteiger partial charge in [0.05, 0.1) is 12.1 Å². The molecule has 0 spiro atoms. The second kappa shape index (κ2) is 4.25. The van der Waals surface area contributed by atoms with Crippen molar-refractivity contribution in [1.29, 1.82) is 0 Å². The van der Waals surface area contributed by atoms with Crippen LogP contribution in [0, 0.1) is 0 Å². The smallest absolute Gasteiger partial charge is 0.240 e. The average molecular weight is 257 g/mol. The topological polar surface area (TPSA) is 105 Å². The van der Waals surface area contributed by atoms with Crippen molar-refractivity contribution in [1.82, 2.24) is 10.1 Å². The van der Waals surface area contributed by atoms with Crippen molar-refractivity contribution >= 4 is 10.8 Å². The first kappa shape index (κ1) is 11.5. The second-order valence-electron chi connectivity index (χ2n) is 4.08. The molecule has 2 aromatic carbocycles. The van der Waals surface area contributed by atoms with Gasteiger partial charge in [0.2, 0.25) is 11.7 Å². The molecule has 0 aliphatic carbocycles. The zero-order chi connectivity index (χ0) is 13.4. The maximum absolute atomic E-state index is 10.0. The highest BCUT2D eigenvalue weighted by Crippen LogP contribution is 2.36. The molecule has 0 aliphatic rings. The van der Waals surface area contributed by atoms with E-state index >= 15 is 0 Å². The maximum atomic E-state index is 10.0. The number of aromatic nitrogens is 2. The van der Waals surface area contributed by atoms with Crippen molar-refractivity contribution in [3.05, 3.63) is 36.2 Å². The minimum atomic E-state index is 0.0162. The predicted molar refractivity (Wildman–Crippen MR) is 68.5 cm³/mol. The zero-order valence-corrected chi connectivity index (χ0v) is 9.87. The summed E-state index contributed by atoms with van der Waals surface area (Å²) < 4.78 is 4.94. The Hall–Kier alpha value is -2.60. The quantitative estimate of drug-likeness (QED) is 0.646. The number of aromatic hydroxyl groups is 2. The predicted octanol–water partition coefficient (Wildman–Crippen LogP) is 1.76. The van der Waals surface area contributed by atoms with E-state index in [1.165, 1.54) is 0 Å². The van der Waals surface area contributed by atoms with E-state index in [2.05, 4.69) is 10.1 Å². The third kappa shape index (κ3) is 1.88. The Balaban J connectivity index is 2.31. The summed E-state index contributed by atoms with van der Waals surface area (Å²) in [5.41, 5.74) is 5.83. The van der Waals surface area contributed by atoms with E-state index < -0.39 is 0 Å². The fourth-order valence-electron chi connectivity index (χ4n) is 1.97. The van der Waals surface area contributed by atoms with E-state index in [4.69, 9.17) is 10.3 Å². The molecule has 4 N–H and O–H groups in total. The number of nitrogens with two attached hydrogens (primary N) is 1. The summed E-state index contributed by atoms with van der Waals surface area (Å²) in [5, 5.41) is 24.9. The van der Waals surface area contributed by atoms with Crippen molar-refractivity contribution in [2.75, 3.05) is 0 Å². The van der Waals surface area contributed by atoms with Crippen molar-refractivity contribution < 1.29 is 14.7 Å². The van der Waals surface area contributed by atoms with Gasteiger partial charge < -0.3 is 20.5 Å². The lowest BCUT2D eigenvalue weighted by molar-refractivity contribution is 0.380. The van der Waals surface area contributed by atoms with Crippen LogP contribution in [0.15, 0.2) is 34.9 Å². The van der Waals surface area contributed by atoms with Crippen LogP contribution in [-0.4, -0.2) is 20.4 Å². The van der Waals surface area contributed by atoms with Crippen LogP contribution in [0.25, 0.3) is 22.2 Å². The van der Waals surface area contributed by atoms with E-state index in [9.17, 15) is 10.2 Å².